The maximum absolute atomic E-state index is 12.5. The molecule has 0 saturated carbocycles. The molecule has 2 aromatic carbocycles. The van der Waals surface area contributed by atoms with Gasteiger partial charge in [-0.2, -0.15) is 0 Å². The predicted octanol–water partition coefficient (Wildman–Crippen LogP) is 3.79. The Bertz CT molecular complexity index is 695. The smallest absolute Gasteiger partial charge is 0.264 e. The number of aryl methyl sites for hydroxylation is 1. The third-order valence-electron chi connectivity index (χ3n) is 3.83. The Hall–Kier alpha value is -2.49. The minimum Gasteiger partial charge on any atom is -0.278 e. The van der Waals surface area contributed by atoms with Crippen LogP contribution < -0.4 is 4.90 Å². The Kier molecular flexibility index (Phi) is 2.86. The van der Waals surface area contributed by atoms with Gasteiger partial charge < -0.3 is 0 Å². The van der Waals surface area contributed by atoms with Crippen LogP contribution in [0.3, 0.4) is 0 Å². The molecule has 0 bridgehead atoms. The highest BCUT2D eigenvalue weighted by Gasteiger charge is 2.40. The van der Waals surface area contributed by atoms with E-state index in [2.05, 4.69) is 5.18 Å². The van der Waals surface area contributed by atoms with Crippen molar-refractivity contribution in [3.8, 4) is 0 Å². The lowest BCUT2D eigenvalue weighted by Gasteiger charge is -2.20. The summed E-state index contributed by atoms with van der Waals surface area (Å²) in [5.74, 6) is -0.282. The molecule has 1 atom stereocenters. The van der Waals surface area contributed by atoms with E-state index >= 15 is 0 Å². The Morgan fingerprint density at radius 2 is 1.75 bits per heavy atom. The molecular weight excluding hydrogens is 252 g/mol. The molecule has 4 heteroatoms. The topological polar surface area (TPSA) is 49.7 Å². The van der Waals surface area contributed by atoms with Crippen LogP contribution in [0.4, 0.5) is 11.4 Å². The number of carbonyl (C=O) groups excluding carboxylic acids is 1. The lowest BCUT2D eigenvalue weighted by Crippen LogP contribution is -2.23. The van der Waals surface area contributed by atoms with Crippen LogP contribution in [0.5, 0.6) is 0 Å². The van der Waals surface area contributed by atoms with Gasteiger partial charge in [0.05, 0.1) is 5.69 Å². The van der Waals surface area contributed by atoms with Crippen LogP contribution in [0.1, 0.15) is 22.7 Å². The fraction of sp³-hybridized carbons (Fsp3) is 0.188. The number of nitrogens with zero attached hydrogens (tertiary/aromatic N) is 2. The average molecular weight is 266 g/mol. The lowest BCUT2D eigenvalue weighted by atomic mass is 10.0. The molecule has 0 N–H and O–H groups in total. The summed E-state index contributed by atoms with van der Waals surface area (Å²) in [7, 11) is 0. The van der Waals surface area contributed by atoms with Crippen molar-refractivity contribution in [1.29, 1.82) is 0 Å². The number of anilines is 2. The van der Waals surface area contributed by atoms with Crippen molar-refractivity contribution in [2.75, 3.05) is 4.90 Å². The van der Waals surface area contributed by atoms with E-state index < -0.39 is 6.04 Å². The molecule has 20 heavy (non-hydrogen) atoms. The van der Waals surface area contributed by atoms with Crippen molar-refractivity contribution in [2.24, 2.45) is 5.18 Å². The van der Waals surface area contributed by atoms with Crippen LogP contribution in [0.25, 0.3) is 0 Å². The molecule has 100 valence electrons. The van der Waals surface area contributed by atoms with Gasteiger partial charge in [0.15, 0.2) is 6.04 Å². The van der Waals surface area contributed by atoms with Gasteiger partial charge in [0, 0.05) is 11.3 Å². The molecule has 0 fully saturated rings. The van der Waals surface area contributed by atoms with Crippen molar-refractivity contribution >= 4 is 17.3 Å². The molecule has 3 rings (SSSR count). The summed E-state index contributed by atoms with van der Waals surface area (Å²) in [6, 6.07) is 12.2. The SMILES string of the molecule is Cc1ccc2c(c1C)N(c1ccccc1)C(=O)C2N=O. The molecule has 1 aliphatic rings. The van der Waals surface area contributed by atoms with Crippen molar-refractivity contribution in [3.63, 3.8) is 0 Å². The predicted molar refractivity (Wildman–Crippen MR) is 78.0 cm³/mol. The van der Waals surface area contributed by atoms with E-state index in [1.807, 2.05) is 56.3 Å². The van der Waals surface area contributed by atoms with Crippen molar-refractivity contribution in [3.05, 3.63) is 64.1 Å². The Balaban J connectivity index is 2.26. The minimum absolute atomic E-state index is 0.282. The number of nitroso groups, excluding NO2 is 1. The number of carbonyl (C=O) groups is 1. The average Bonchev–Trinajstić information content (AvgIpc) is 2.76. The summed E-state index contributed by atoms with van der Waals surface area (Å²) in [6.45, 7) is 3.95. The highest BCUT2D eigenvalue weighted by molar-refractivity contribution is 6.10. The molecular formula is C16H14N2O2. The first kappa shape index (κ1) is 12.5. The number of hydrogen-bond donors (Lipinski definition) is 0. The first-order valence-electron chi connectivity index (χ1n) is 6.46. The Labute approximate surface area is 117 Å². The molecule has 1 unspecified atom stereocenters. The van der Waals surface area contributed by atoms with Crippen LogP contribution in [-0.4, -0.2) is 5.91 Å². The quantitative estimate of drug-likeness (QED) is 0.776. The van der Waals surface area contributed by atoms with E-state index in [1.54, 1.807) is 4.90 Å². The van der Waals surface area contributed by atoms with Crippen molar-refractivity contribution in [1.82, 2.24) is 0 Å². The zero-order chi connectivity index (χ0) is 14.3. The van der Waals surface area contributed by atoms with Gasteiger partial charge in [-0.3, -0.25) is 9.69 Å². The largest absolute Gasteiger partial charge is 0.278 e. The second kappa shape index (κ2) is 4.56. The van der Waals surface area contributed by atoms with E-state index in [4.69, 9.17) is 0 Å². The summed E-state index contributed by atoms with van der Waals surface area (Å²) >= 11 is 0. The second-order valence-electron chi connectivity index (χ2n) is 4.96. The molecule has 0 spiro atoms. The standard InChI is InChI=1S/C16H14N2O2/c1-10-8-9-13-14(17-20)16(19)18(15(13)11(10)2)12-6-4-3-5-7-12/h3-9,14H,1-2H3. The molecule has 0 aliphatic carbocycles. The van der Waals surface area contributed by atoms with Crippen LogP contribution in [0.2, 0.25) is 0 Å². The van der Waals surface area contributed by atoms with Crippen molar-refractivity contribution < 1.29 is 4.79 Å². The van der Waals surface area contributed by atoms with E-state index in [9.17, 15) is 9.70 Å². The summed E-state index contributed by atoms with van der Waals surface area (Å²) in [6.07, 6.45) is 0. The second-order valence-corrected chi connectivity index (χ2v) is 4.96. The zero-order valence-electron chi connectivity index (χ0n) is 11.3. The third kappa shape index (κ3) is 1.65. The third-order valence-corrected chi connectivity index (χ3v) is 3.83. The highest BCUT2D eigenvalue weighted by Crippen LogP contribution is 2.45. The van der Waals surface area contributed by atoms with Crippen LogP contribution >= 0.6 is 0 Å². The molecule has 1 aliphatic heterocycles. The normalized spacial score (nSPS) is 17.2. The zero-order valence-corrected chi connectivity index (χ0v) is 11.3. The van der Waals surface area contributed by atoms with E-state index in [1.165, 1.54) is 0 Å². The first-order valence-corrected chi connectivity index (χ1v) is 6.46. The summed E-state index contributed by atoms with van der Waals surface area (Å²) in [5, 5.41) is 3.02. The molecule has 1 heterocycles. The number of amides is 1. The van der Waals surface area contributed by atoms with Gasteiger partial charge in [-0.25, -0.2) is 0 Å². The molecule has 4 nitrogen and oxygen atoms in total. The van der Waals surface area contributed by atoms with Gasteiger partial charge in [0.1, 0.15) is 0 Å². The number of rotatable bonds is 2. The summed E-state index contributed by atoms with van der Waals surface area (Å²) < 4.78 is 0. The van der Waals surface area contributed by atoms with E-state index in [0.29, 0.717) is 5.56 Å². The minimum atomic E-state index is -0.940. The van der Waals surface area contributed by atoms with Crippen LogP contribution in [0, 0.1) is 18.8 Å². The number of benzene rings is 2. The van der Waals surface area contributed by atoms with Gasteiger partial charge in [0.2, 0.25) is 0 Å². The summed E-state index contributed by atoms with van der Waals surface area (Å²) in [5.41, 5.74) is 4.34. The monoisotopic (exact) mass is 266 g/mol. The molecule has 2 aromatic rings. The molecule has 0 aromatic heterocycles. The van der Waals surface area contributed by atoms with Crippen LogP contribution in [0.15, 0.2) is 47.6 Å². The Morgan fingerprint density at radius 3 is 2.40 bits per heavy atom. The maximum atomic E-state index is 12.5. The number of fused-ring (bicyclic) bond motifs is 1. The first-order chi connectivity index (χ1) is 9.65. The number of para-hydroxylation sites is 1. The fourth-order valence-corrected chi connectivity index (χ4v) is 2.64. The summed E-state index contributed by atoms with van der Waals surface area (Å²) in [4.78, 5) is 25.1. The highest BCUT2D eigenvalue weighted by atomic mass is 16.3. The van der Waals surface area contributed by atoms with Gasteiger partial charge in [-0.1, -0.05) is 35.5 Å². The molecule has 0 radical (unpaired) electrons. The van der Waals surface area contributed by atoms with Gasteiger partial charge in [0.25, 0.3) is 5.91 Å². The Morgan fingerprint density at radius 1 is 1.05 bits per heavy atom. The lowest BCUT2D eigenvalue weighted by molar-refractivity contribution is -0.118. The van der Waals surface area contributed by atoms with Crippen LogP contribution in [-0.2, 0) is 4.79 Å². The fourth-order valence-electron chi connectivity index (χ4n) is 2.64. The molecule has 1 amide bonds. The van der Waals surface area contributed by atoms with E-state index in [0.717, 1.165) is 22.5 Å². The van der Waals surface area contributed by atoms with E-state index in [-0.39, 0.29) is 5.91 Å². The van der Waals surface area contributed by atoms with Gasteiger partial charge >= 0.3 is 0 Å². The van der Waals surface area contributed by atoms with Crippen molar-refractivity contribution in [2.45, 2.75) is 19.9 Å². The molecule has 0 saturated heterocycles. The van der Waals surface area contributed by atoms with Gasteiger partial charge in [-0.15, -0.1) is 4.91 Å². The van der Waals surface area contributed by atoms with Gasteiger partial charge in [-0.05, 0) is 37.1 Å². The maximum Gasteiger partial charge on any atom is 0.264 e. The number of hydrogen-bond acceptors (Lipinski definition) is 3.